The first kappa shape index (κ1) is 11.9. The molecule has 0 amide bonds. The van der Waals surface area contributed by atoms with Gasteiger partial charge in [-0.15, -0.1) is 0 Å². The summed E-state index contributed by atoms with van der Waals surface area (Å²) in [7, 11) is 0. The standard InChI is InChI=1S/C12H9N7O/c13-5-7-3-1-2-4-9(7)20-11-8-6-15-19-10(8)16-12(17-11)18-14/h1-4,6H,14H2,(H2,15,16,17,18,19). The summed E-state index contributed by atoms with van der Waals surface area (Å²) in [5, 5.41) is 16.2. The number of hydrogen-bond acceptors (Lipinski definition) is 7. The number of benzene rings is 1. The first-order chi connectivity index (χ1) is 9.81. The Bertz CT molecular complexity index is 805. The molecule has 0 spiro atoms. The zero-order chi connectivity index (χ0) is 13.9. The molecule has 0 fully saturated rings. The molecule has 8 heteroatoms. The molecule has 0 aliphatic heterocycles. The third-order valence-electron chi connectivity index (χ3n) is 2.62. The minimum Gasteiger partial charge on any atom is -0.437 e. The third-order valence-corrected chi connectivity index (χ3v) is 2.62. The molecule has 0 atom stereocenters. The SMILES string of the molecule is N#Cc1ccccc1Oc1nc(NN)nc2[nH]ncc12. The number of aromatic nitrogens is 4. The summed E-state index contributed by atoms with van der Waals surface area (Å²) in [6.07, 6.45) is 1.54. The van der Waals surface area contributed by atoms with Gasteiger partial charge < -0.3 is 4.74 Å². The normalized spacial score (nSPS) is 10.2. The number of anilines is 1. The zero-order valence-electron chi connectivity index (χ0n) is 10.2. The molecular weight excluding hydrogens is 258 g/mol. The van der Waals surface area contributed by atoms with Crippen molar-refractivity contribution in [3.63, 3.8) is 0 Å². The zero-order valence-corrected chi connectivity index (χ0v) is 10.2. The number of fused-ring (bicyclic) bond motifs is 1. The van der Waals surface area contributed by atoms with Crippen LogP contribution in [0.15, 0.2) is 30.5 Å². The van der Waals surface area contributed by atoms with Gasteiger partial charge in [0, 0.05) is 0 Å². The fourth-order valence-corrected chi connectivity index (χ4v) is 1.70. The molecule has 2 heterocycles. The molecule has 98 valence electrons. The number of hydrazine groups is 1. The molecule has 0 aliphatic rings. The Morgan fingerprint density at radius 2 is 2.15 bits per heavy atom. The van der Waals surface area contributed by atoms with E-state index >= 15 is 0 Å². The van der Waals surface area contributed by atoms with Crippen LogP contribution in [0.4, 0.5) is 5.95 Å². The summed E-state index contributed by atoms with van der Waals surface area (Å²) >= 11 is 0. The maximum absolute atomic E-state index is 9.06. The lowest BCUT2D eigenvalue weighted by atomic mass is 10.2. The van der Waals surface area contributed by atoms with Crippen LogP contribution in [0, 0.1) is 11.3 Å². The van der Waals surface area contributed by atoms with E-state index in [2.05, 4.69) is 31.7 Å². The molecule has 0 saturated heterocycles. The van der Waals surface area contributed by atoms with E-state index in [1.165, 1.54) is 0 Å². The molecule has 8 nitrogen and oxygen atoms in total. The fourth-order valence-electron chi connectivity index (χ4n) is 1.70. The first-order valence-corrected chi connectivity index (χ1v) is 5.66. The van der Waals surface area contributed by atoms with E-state index in [-0.39, 0.29) is 11.8 Å². The second-order valence-electron chi connectivity index (χ2n) is 3.84. The predicted molar refractivity (Wildman–Crippen MR) is 70.7 cm³/mol. The Morgan fingerprint density at radius 1 is 1.30 bits per heavy atom. The Kier molecular flexibility index (Phi) is 2.87. The van der Waals surface area contributed by atoms with E-state index in [1.807, 2.05) is 0 Å². The summed E-state index contributed by atoms with van der Waals surface area (Å²) < 4.78 is 5.69. The second-order valence-corrected chi connectivity index (χ2v) is 3.84. The van der Waals surface area contributed by atoms with Crippen LogP contribution in [0.25, 0.3) is 11.0 Å². The summed E-state index contributed by atoms with van der Waals surface area (Å²) in [6.45, 7) is 0. The Balaban J connectivity index is 2.10. The van der Waals surface area contributed by atoms with Crippen molar-refractivity contribution < 1.29 is 4.74 Å². The average molecular weight is 267 g/mol. The van der Waals surface area contributed by atoms with Crippen LogP contribution in [-0.4, -0.2) is 20.2 Å². The molecule has 3 aromatic rings. The maximum Gasteiger partial charge on any atom is 0.242 e. The molecule has 0 unspecified atom stereocenters. The number of nitrogens with two attached hydrogens (primary N) is 1. The van der Waals surface area contributed by atoms with Gasteiger partial charge >= 0.3 is 0 Å². The lowest BCUT2D eigenvalue weighted by Crippen LogP contribution is -2.11. The van der Waals surface area contributed by atoms with Crippen LogP contribution < -0.4 is 16.0 Å². The van der Waals surface area contributed by atoms with E-state index in [0.717, 1.165) is 0 Å². The van der Waals surface area contributed by atoms with Gasteiger partial charge in [-0.1, -0.05) is 12.1 Å². The smallest absolute Gasteiger partial charge is 0.242 e. The number of nitriles is 1. The highest BCUT2D eigenvalue weighted by Gasteiger charge is 2.12. The quantitative estimate of drug-likeness (QED) is 0.482. The number of aromatic amines is 1. The highest BCUT2D eigenvalue weighted by molar-refractivity contribution is 5.81. The van der Waals surface area contributed by atoms with Crippen molar-refractivity contribution in [2.75, 3.05) is 5.43 Å². The predicted octanol–water partition coefficient (Wildman–Crippen LogP) is 1.30. The van der Waals surface area contributed by atoms with Gasteiger partial charge in [-0.3, -0.25) is 10.5 Å². The van der Waals surface area contributed by atoms with Gasteiger partial charge in [-0.05, 0) is 12.1 Å². The molecule has 2 aromatic heterocycles. The number of nitrogens with zero attached hydrogens (tertiary/aromatic N) is 4. The van der Waals surface area contributed by atoms with Crippen molar-refractivity contribution in [3.05, 3.63) is 36.0 Å². The van der Waals surface area contributed by atoms with Gasteiger partial charge in [-0.2, -0.15) is 20.3 Å². The minimum atomic E-state index is 0.186. The van der Waals surface area contributed by atoms with Gasteiger partial charge in [0.25, 0.3) is 0 Å². The molecule has 0 bridgehead atoms. The van der Waals surface area contributed by atoms with Gasteiger partial charge in [0.05, 0.1) is 11.8 Å². The molecule has 0 radical (unpaired) electrons. The number of rotatable bonds is 3. The number of nitrogens with one attached hydrogen (secondary N) is 2. The Morgan fingerprint density at radius 3 is 2.95 bits per heavy atom. The molecule has 0 saturated carbocycles. The van der Waals surface area contributed by atoms with Crippen molar-refractivity contribution >= 4 is 17.0 Å². The average Bonchev–Trinajstić information content (AvgIpc) is 2.96. The van der Waals surface area contributed by atoms with Crippen molar-refractivity contribution in [3.8, 4) is 17.7 Å². The summed E-state index contributed by atoms with van der Waals surface area (Å²) in [6, 6.07) is 8.92. The Hall–Kier alpha value is -3.18. The second kappa shape index (κ2) is 4.83. The topological polar surface area (TPSA) is 126 Å². The van der Waals surface area contributed by atoms with Crippen molar-refractivity contribution in [2.45, 2.75) is 0 Å². The van der Waals surface area contributed by atoms with E-state index in [4.69, 9.17) is 15.8 Å². The molecular formula is C12H9N7O. The number of H-pyrrole nitrogens is 1. The largest absolute Gasteiger partial charge is 0.437 e. The molecule has 3 rings (SSSR count). The summed E-state index contributed by atoms with van der Waals surface area (Å²) in [5.74, 6) is 6.16. The van der Waals surface area contributed by atoms with Gasteiger partial charge in [-0.25, -0.2) is 5.84 Å². The van der Waals surface area contributed by atoms with Crippen LogP contribution in [0.1, 0.15) is 5.56 Å². The van der Waals surface area contributed by atoms with Crippen LogP contribution in [0.5, 0.6) is 11.6 Å². The minimum absolute atomic E-state index is 0.186. The molecule has 1 aromatic carbocycles. The molecule has 20 heavy (non-hydrogen) atoms. The summed E-state index contributed by atoms with van der Waals surface area (Å²) in [4.78, 5) is 8.21. The summed E-state index contributed by atoms with van der Waals surface area (Å²) in [5.41, 5.74) is 3.24. The van der Waals surface area contributed by atoms with Crippen LogP contribution in [-0.2, 0) is 0 Å². The lowest BCUT2D eigenvalue weighted by Gasteiger charge is -2.08. The highest BCUT2D eigenvalue weighted by Crippen LogP contribution is 2.29. The number of ether oxygens (including phenoxy) is 1. The van der Waals surface area contributed by atoms with Crippen LogP contribution in [0.3, 0.4) is 0 Å². The van der Waals surface area contributed by atoms with Crippen LogP contribution in [0.2, 0.25) is 0 Å². The number of nitrogen functional groups attached to an aromatic ring is 1. The number of hydrogen-bond donors (Lipinski definition) is 3. The van der Waals surface area contributed by atoms with E-state index < -0.39 is 0 Å². The molecule has 0 aliphatic carbocycles. The maximum atomic E-state index is 9.06. The first-order valence-electron chi connectivity index (χ1n) is 5.66. The molecule has 4 N–H and O–H groups in total. The van der Waals surface area contributed by atoms with Crippen molar-refractivity contribution in [1.82, 2.24) is 20.2 Å². The lowest BCUT2D eigenvalue weighted by molar-refractivity contribution is 0.467. The fraction of sp³-hybridized carbons (Fsp3) is 0. The van der Waals surface area contributed by atoms with Crippen molar-refractivity contribution in [2.24, 2.45) is 5.84 Å². The van der Waals surface area contributed by atoms with Gasteiger partial charge in [0.1, 0.15) is 17.2 Å². The van der Waals surface area contributed by atoms with E-state index in [9.17, 15) is 0 Å². The van der Waals surface area contributed by atoms with Crippen molar-refractivity contribution in [1.29, 1.82) is 5.26 Å². The van der Waals surface area contributed by atoms with Gasteiger partial charge in [0.2, 0.25) is 11.8 Å². The van der Waals surface area contributed by atoms with E-state index in [1.54, 1.807) is 30.5 Å². The van der Waals surface area contributed by atoms with Gasteiger partial charge in [0.15, 0.2) is 5.65 Å². The number of para-hydroxylation sites is 1. The third kappa shape index (κ3) is 1.98. The van der Waals surface area contributed by atoms with Crippen LogP contribution >= 0.6 is 0 Å². The van der Waals surface area contributed by atoms with E-state index in [0.29, 0.717) is 22.3 Å². The highest BCUT2D eigenvalue weighted by atomic mass is 16.5. The Labute approximate surface area is 113 Å². The monoisotopic (exact) mass is 267 g/mol.